The van der Waals surface area contributed by atoms with Crippen molar-refractivity contribution in [2.75, 3.05) is 23.4 Å². The van der Waals surface area contributed by atoms with E-state index in [0.29, 0.717) is 24.5 Å². The van der Waals surface area contributed by atoms with Gasteiger partial charge in [-0.05, 0) is 43.5 Å². The van der Waals surface area contributed by atoms with Crippen molar-refractivity contribution in [3.8, 4) is 11.4 Å². The molecule has 1 saturated heterocycles. The molecule has 8 nitrogen and oxygen atoms in total. The molecule has 9 heteroatoms. The van der Waals surface area contributed by atoms with Gasteiger partial charge in [0.05, 0.1) is 11.5 Å². The lowest BCUT2D eigenvalue weighted by Crippen LogP contribution is -2.33. The lowest BCUT2D eigenvalue weighted by atomic mass is 10.1. The normalized spacial score (nSPS) is 19.1. The number of aryl methyl sites for hydroxylation is 1. The summed E-state index contributed by atoms with van der Waals surface area (Å²) in [7, 11) is -2.92. The maximum Gasteiger partial charge on any atom is 0.319 e. The molecule has 2 heterocycles. The minimum absolute atomic E-state index is 0.00268. The molecule has 1 aliphatic heterocycles. The van der Waals surface area contributed by atoms with Crippen molar-refractivity contribution in [1.29, 1.82) is 0 Å². The molecule has 0 aliphatic carbocycles. The van der Waals surface area contributed by atoms with Gasteiger partial charge in [0.1, 0.15) is 5.82 Å². The van der Waals surface area contributed by atoms with Gasteiger partial charge in [-0.1, -0.05) is 0 Å². The number of H-pyrrole nitrogens is 1. The summed E-state index contributed by atoms with van der Waals surface area (Å²) in [6.45, 7) is 2.19. The second kappa shape index (κ2) is 6.60. The molecule has 1 aromatic carbocycles. The lowest BCUT2D eigenvalue weighted by Gasteiger charge is -2.11. The maximum atomic E-state index is 11.9. The molecule has 1 fully saturated rings. The van der Waals surface area contributed by atoms with E-state index in [1.165, 1.54) is 0 Å². The van der Waals surface area contributed by atoms with Crippen LogP contribution in [0.3, 0.4) is 0 Å². The minimum Gasteiger partial charge on any atom is -0.338 e. The monoisotopic (exact) mass is 349 g/mol. The Morgan fingerprint density at radius 1 is 1.33 bits per heavy atom. The Labute approximate surface area is 140 Å². The third kappa shape index (κ3) is 4.10. The molecule has 0 bridgehead atoms. The minimum atomic E-state index is -2.92. The molecular weight excluding hydrogens is 330 g/mol. The highest BCUT2D eigenvalue weighted by Crippen LogP contribution is 2.19. The van der Waals surface area contributed by atoms with E-state index in [2.05, 4.69) is 25.8 Å². The summed E-state index contributed by atoms with van der Waals surface area (Å²) in [6.07, 6.45) is 0.605. The summed E-state index contributed by atoms with van der Waals surface area (Å²) in [5, 5.41) is 12.3. The number of rotatable bonds is 4. The van der Waals surface area contributed by atoms with Crippen LogP contribution >= 0.6 is 0 Å². The predicted octanol–water partition coefficient (Wildman–Crippen LogP) is 1.34. The number of anilines is 1. The molecule has 3 rings (SSSR count). The van der Waals surface area contributed by atoms with Crippen molar-refractivity contribution < 1.29 is 13.2 Å². The van der Waals surface area contributed by atoms with Gasteiger partial charge < -0.3 is 10.6 Å². The molecule has 2 aromatic rings. The highest BCUT2D eigenvalue weighted by Gasteiger charge is 2.27. The van der Waals surface area contributed by atoms with Crippen LogP contribution in [0.5, 0.6) is 0 Å². The van der Waals surface area contributed by atoms with Crippen LogP contribution in [0, 0.1) is 12.8 Å². The van der Waals surface area contributed by atoms with E-state index in [1.807, 2.05) is 19.1 Å². The summed E-state index contributed by atoms with van der Waals surface area (Å²) in [5.41, 5.74) is 1.49. The number of nitrogens with zero attached hydrogens (tertiary/aromatic N) is 2. The summed E-state index contributed by atoms with van der Waals surface area (Å²) < 4.78 is 22.8. The zero-order chi connectivity index (χ0) is 17.2. The fraction of sp³-hybridized carbons (Fsp3) is 0.400. The van der Waals surface area contributed by atoms with Crippen LogP contribution in [0.2, 0.25) is 0 Å². The lowest BCUT2D eigenvalue weighted by molar-refractivity contribution is 0.250. The number of amides is 2. The molecule has 24 heavy (non-hydrogen) atoms. The average molecular weight is 349 g/mol. The zero-order valence-electron chi connectivity index (χ0n) is 13.2. The fourth-order valence-corrected chi connectivity index (χ4v) is 4.48. The number of carbonyl (C=O) groups is 1. The van der Waals surface area contributed by atoms with Crippen molar-refractivity contribution in [3.63, 3.8) is 0 Å². The van der Waals surface area contributed by atoms with Crippen LogP contribution in [-0.2, 0) is 9.84 Å². The highest BCUT2D eigenvalue weighted by molar-refractivity contribution is 7.91. The third-order valence-electron chi connectivity index (χ3n) is 3.88. The van der Waals surface area contributed by atoms with Gasteiger partial charge in [-0.15, -0.1) is 0 Å². The maximum absolute atomic E-state index is 11.9. The summed E-state index contributed by atoms with van der Waals surface area (Å²) >= 11 is 0. The van der Waals surface area contributed by atoms with E-state index in [4.69, 9.17) is 0 Å². The van der Waals surface area contributed by atoms with Crippen LogP contribution in [0.15, 0.2) is 24.3 Å². The highest BCUT2D eigenvalue weighted by atomic mass is 32.2. The Kier molecular flexibility index (Phi) is 4.52. The Bertz CT molecular complexity index is 829. The number of hydrogen-bond donors (Lipinski definition) is 3. The first-order valence-corrected chi connectivity index (χ1v) is 9.48. The van der Waals surface area contributed by atoms with Gasteiger partial charge in [-0.2, -0.15) is 5.10 Å². The molecule has 3 N–H and O–H groups in total. The van der Waals surface area contributed by atoms with Crippen LogP contribution < -0.4 is 10.6 Å². The topological polar surface area (TPSA) is 117 Å². The van der Waals surface area contributed by atoms with E-state index in [9.17, 15) is 13.2 Å². The second-order valence-corrected chi connectivity index (χ2v) is 8.15. The molecule has 0 unspecified atom stereocenters. The number of urea groups is 1. The Balaban J connectivity index is 1.51. The van der Waals surface area contributed by atoms with E-state index in [0.717, 1.165) is 11.4 Å². The van der Waals surface area contributed by atoms with Gasteiger partial charge in [0.25, 0.3) is 0 Å². The van der Waals surface area contributed by atoms with Crippen LogP contribution in [0.25, 0.3) is 11.4 Å². The predicted molar refractivity (Wildman–Crippen MR) is 90.3 cm³/mol. The first kappa shape index (κ1) is 16.4. The number of nitrogens with one attached hydrogen (secondary N) is 3. The van der Waals surface area contributed by atoms with Crippen LogP contribution in [0.4, 0.5) is 10.5 Å². The number of aromatic amines is 1. The molecular formula is C15H19N5O3S. The van der Waals surface area contributed by atoms with Crippen molar-refractivity contribution in [2.45, 2.75) is 13.3 Å². The standard InChI is InChI=1S/C15H19N5O3S/c1-10-17-14(20-19-10)12-2-4-13(5-3-12)18-15(21)16-8-11-6-7-24(22,23)9-11/h2-5,11H,6-9H2,1H3,(H2,16,18,21)(H,17,19,20)/t11-/m0/s1. The summed E-state index contributed by atoms with van der Waals surface area (Å²) in [5.74, 6) is 1.70. The Morgan fingerprint density at radius 3 is 2.67 bits per heavy atom. The van der Waals surface area contributed by atoms with Crippen molar-refractivity contribution in [3.05, 3.63) is 30.1 Å². The van der Waals surface area contributed by atoms with Crippen LogP contribution in [-0.4, -0.2) is 47.7 Å². The molecule has 0 radical (unpaired) electrons. The first-order valence-electron chi connectivity index (χ1n) is 7.66. The van der Waals surface area contributed by atoms with Crippen molar-refractivity contribution in [1.82, 2.24) is 20.5 Å². The molecule has 2 amide bonds. The second-order valence-electron chi connectivity index (χ2n) is 5.93. The molecule has 1 atom stereocenters. The number of benzene rings is 1. The summed E-state index contributed by atoms with van der Waals surface area (Å²) in [6, 6.07) is 6.82. The molecule has 1 aromatic heterocycles. The van der Waals surface area contributed by atoms with Crippen molar-refractivity contribution >= 4 is 21.6 Å². The van der Waals surface area contributed by atoms with Gasteiger partial charge in [0.2, 0.25) is 0 Å². The van der Waals surface area contributed by atoms with Gasteiger partial charge in [-0.25, -0.2) is 18.2 Å². The van der Waals surface area contributed by atoms with Crippen LogP contribution in [0.1, 0.15) is 12.2 Å². The molecule has 0 saturated carbocycles. The SMILES string of the molecule is Cc1nc(-c2ccc(NC(=O)NC[C@@H]3CCS(=O)(=O)C3)cc2)n[nH]1. The zero-order valence-corrected chi connectivity index (χ0v) is 14.1. The number of hydrogen-bond acceptors (Lipinski definition) is 5. The number of aromatic nitrogens is 3. The number of sulfone groups is 1. The van der Waals surface area contributed by atoms with E-state index < -0.39 is 9.84 Å². The smallest absolute Gasteiger partial charge is 0.319 e. The summed E-state index contributed by atoms with van der Waals surface area (Å²) in [4.78, 5) is 16.1. The van der Waals surface area contributed by atoms with Gasteiger partial charge in [0, 0.05) is 17.8 Å². The Hall–Kier alpha value is -2.42. The Morgan fingerprint density at radius 2 is 2.08 bits per heavy atom. The van der Waals surface area contributed by atoms with E-state index in [1.54, 1.807) is 12.1 Å². The molecule has 0 spiro atoms. The van der Waals surface area contributed by atoms with Gasteiger partial charge in [-0.3, -0.25) is 5.10 Å². The molecule has 128 valence electrons. The van der Waals surface area contributed by atoms with Gasteiger partial charge in [0.15, 0.2) is 15.7 Å². The van der Waals surface area contributed by atoms with Gasteiger partial charge >= 0.3 is 6.03 Å². The molecule has 1 aliphatic rings. The fourth-order valence-electron chi connectivity index (χ4n) is 2.62. The van der Waals surface area contributed by atoms with E-state index in [-0.39, 0.29) is 23.5 Å². The van der Waals surface area contributed by atoms with E-state index >= 15 is 0 Å². The third-order valence-corrected chi connectivity index (χ3v) is 5.71. The largest absolute Gasteiger partial charge is 0.338 e. The number of carbonyl (C=O) groups excluding carboxylic acids is 1. The average Bonchev–Trinajstić information content (AvgIpc) is 3.11. The van der Waals surface area contributed by atoms with Crippen molar-refractivity contribution in [2.24, 2.45) is 5.92 Å². The first-order chi connectivity index (χ1) is 11.4. The quantitative estimate of drug-likeness (QED) is 0.770.